The van der Waals surface area contributed by atoms with Crippen LogP contribution in [0.3, 0.4) is 0 Å². The molecule has 3 rings (SSSR count). The van der Waals surface area contributed by atoms with Crippen molar-refractivity contribution in [3.05, 3.63) is 83.2 Å². The molecule has 0 radical (unpaired) electrons. The number of nitrogens with one attached hydrogen (secondary N) is 1. The largest absolute Gasteiger partial charge is 0.487 e. The molecule has 0 aliphatic rings. The maximum Gasteiger partial charge on any atom is 0.326 e. The zero-order valence-corrected chi connectivity index (χ0v) is 21.9. The second-order valence-corrected chi connectivity index (χ2v) is 9.69. The highest BCUT2D eigenvalue weighted by Crippen LogP contribution is 2.31. The highest BCUT2D eigenvalue weighted by molar-refractivity contribution is 7.98. The van der Waals surface area contributed by atoms with Gasteiger partial charge in [-0.25, -0.2) is 4.79 Å². The van der Waals surface area contributed by atoms with E-state index in [0.717, 1.165) is 47.1 Å². The monoisotopic (exact) mass is 506 g/mol. The molecule has 2 N–H and O–H groups in total. The van der Waals surface area contributed by atoms with Gasteiger partial charge in [-0.15, -0.1) is 0 Å². The van der Waals surface area contributed by atoms with Crippen LogP contribution < -0.4 is 10.1 Å². The van der Waals surface area contributed by atoms with Gasteiger partial charge in [-0.1, -0.05) is 37.6 Å². The minimum Gasteiger partial charge on any atom is -0.487 e. The Hall–Kier alpha value is -3.32. The van der Waals surface area contributed by atoms with Gasteiger partial charge in [0.15, 0.2) is 0 Å². The minimum atomic E-state index is -1.03. The second-order valence-electron chi connectivity index (χ2n) is 8.71. The number of benzene rings is 2. The fourth-order valence-corrected chi connectivity index (χ4v) is 4.50. The van der Waals surface area contributed by atoms with E-state index in [1.807, 2.05) is 61.7 Å². The number of aromatic nitrogens is 1. The Morgan fingerprint density at radius 1 is 1.11 bits per heavy atom. The van der Waals surface area contributed by atoms with Gasteiger partial charge < -0.3 is 15.2 Å². The van der Waals surface area contributed by atoms with Gasteiger partial charge >= 0.3 is 5.97 Å². The SMILES string of the molecule is CCCCc1cc(C(=O)NC(CCSC)C(=O)O)c(-c2ccccc2C)cc1COc1cccnc1. The molecule has 1 amide bonds. The summed E-state index contributed by atoms with van der Waals surface area (Å²) >= 11 is 1.56. The predicted octanol–water partition coefficient (Wildman–Crippen LogP) is 5.91. The molecule has 36 heavy (non-hydrogen) atoms. The molecular formula is C29H34N2O4S. The lowest BCUT2D eigenvalue weighted by atomic mass is 9.89. The Morgan fingerprint density at radius 3 is 2.58 bits per heavy atom. The number of rotatable bonds is 13. The molecule has 0 bridgehead atoms. The summed E-state index contributed by atoms with van der Waals surface area (Å²) < 4.78 is 6.03. The molecular weight excluding hydrogens is 472 g/mol. The molecule has 0 saturated carbocycles. The lowest BCUT2D eigenvalue weighted by Crippen LogP contribution is -2.41. The zero-order valence-electron chi connectivity index (χ0n) is 21.1. The van der Waals surface area contributed by atoms with E-state index in [0.29, 0.717) is 30.1 Å². The van der Waals surface area contributed by atoms with Crippen molar-refractivity contribution in [2.75, 3.05) is 12.0 Å². The standard InChI is InChI=1S/C29H34N2O4S/c1-4-5-10-21-16-26(28(32)31-27(29(33)34)13-15-36-3)25(24-12-7-6-9-20(24)2)17-22(21)19-35-23-11-8-14-30-18-23/h6-9,11-12,14,16-18,27H,4-5,10,13,15,19H2,1-3H3,(H,31,32)(H,33,34). The first-order valence-electron chi connectivity index (χ1n) is 12.2. The predicted molar refractivity (Wildman–Crippen MR) is 146 cm³/mol. The Bertz CT molecular complexity index is 1170. The number of hydrogen-bond acceptors (Lipinski definition) is 5. The minimum absolute atomic E-state index is 0.344. The lowest BCUT2D eigenvalue weighted by Gasteiger charge is -2.20. The number of carbonyl (C=O) groups excluding carboxylic acids is 1. The number of carboxylic acids is 1. The van der Waals surface area contributed by atoms with Gasteiger partial charge in [0.05, 0.1) is 6.20 Å². The second kappa shape index (κ2) is 13.7. The summed E-state index contributed by atoms with van der Waals surface area (Å²) in [4.78, 5) is 29.5. The van der Waals surface area contributed by atoms with Crippen molar-refractivity contribution in [1.29, 1.82) is 0 Å². The van der Waals surface area contributed by atoms with Crippen molar-refractivity contribution in [2.45, 2.75) is 52.2 Å². The molecule has 1 unspecified atom stereocenters. The van der Waals surface area contributed by atoms with E-state index in [1.165, 1.54) is 0 Å². The first-order valence-corrected chi connectivity index (χ1v) is 13.6. The highest BCUT2D eigenvalue weighted by atomic mass is 32.2. The van der Waals surface area contributed by atoms with Crippen LogP contribution in [-0.2, 0) is 17.8 Å². The first kappa shape index (κ1) is 27.3. The number of pyridine rings is 1. The third-order valence-corrected chi connectivity index (χ3v) is 6.71. The number of unbranched alkanes of at least 4 members (excludes halogenated alkanes) is 1. The van der Waals surface area contributed by atoms with Crippen molar-refractivity contribution in [2.24, 2.45) is 0 Å². The number of amides is 1. The number of ether oxygens (including phenoxy) is 1. The van der Waals surface area contributed by atoms with Crippen molar-refractivity contribution >= 4 is 23.6 Å². The molecule has 6 nitrogen and oxygen atoms in total. The Kier molecular flexibility index (Phi) is 10.4. The normalized spacial score (nSPS) is 11.6. The van der Waals surface area contributed by atoms with Crippen LogP contribution in [0.5, 0.6) is 5.75 Å². The van der Waals surface area contributed by atoms with Crippen molar-refractivity contribution < 1.29 is 19.4 Å². The average molecular weight is 507 g/mol. The van der Waals surface area contributed by atoms with E-state index >= 15 is 0 Å². The maximum atomic E-state index is 13.5. The van der Waals surface area contributed by atoms with E-state index in [1.54, 1.807) is 24.2 Å². The topological polar surface area (TPSA) is 88.5 Å². The number of carbonyl (C=O) groups is 2. The van der Waals surface area contributed by atoms with Crippen molar-refractivity contribution in [3.8, 4) is 16.9 Å². The zero-order chi connectivity index (χ0) is 25.9. The molecule has 1 atom stereocenters. The van der Waals surface area contributed by atoms with Gasteiger partial charge in [0.1, 0.15) is 18.4 Å². The Labute approximate surface area is 217 Å². The van der Waals surface area contributed by atoms with Crippen LogP contribution in [-0.4, -0.2) is 40.0 Å². The highest BCUT2D eigenvalue weighted by Gasteiger charge is 2.24. The van der Waals surface area contributed by atoms with Crippen molar-refractivity contribution in [1.82, 2.24) is 10.3 Å². The number of aryl methyl sites for hydroxylation is 2. The molecule has 0 fully saturated rings. The molecule has 7 heteroatoms. The van der Waals surface area contributed by atoms with Gasteiger partial charge in [-0.3, -0.25) is 9.78 Å². The molecule has 2 aromatic carbocycles. The van der Waals surface area contributed by atoms with Crippen LogP contribution in [0.15, 0.2) is 60.9 Å². The number of thioether (sulfide) groups is 1. The molecule has 190 valence electrons. The molecule has 1 aromatic heterocycles. The molecule has 0 spiro atoms. The average Bonchev–Trinajstić information content (AvgIpc) is 2.89. The van der Waals surface area contributed by atoms with Crippen LogP contribution in [0, 0.1) is 6.92 Å². The summed E-state index contributed by atoms with van der Waals surface area (Å²) in [6.07, 6.45) is 8.44. The van der Waals surface area contributed by atoms with E-state index < -0.39 is 12.0 Å². The van der Waals surface area contributed by atoms with Crippen LogP contribution in [0.1, 0.15) is 53.2 Å². The summed E-state index contributed by atoms with van der Waals surface area (Å²) in [5, 5.41) is 12.4. The van der Waals surface area contributed by atoms with Crippen molar-refractivity contribution in [3.63, 3.8) is 0 Å². The third-order valence-electron chi connectivity index (χ3n) is 6.06. The number of nitrogens with zero attached hydrogens (tertiary/aromatic N) is 1. The van der Waals surface area contributed by atoms with Gasteiger partial charge in [0.25, 0.3) is 5.91 Å². The number of carboxylic acid groups (broad SMARTS) is 1. The smallest absolute Gasteiger partial charge is 0.326 e. The Balaban J connectivity index is 2.06. The fourth-order valence-electron chi connectivity index (χ4n) is 4.03. The van der Waals surface area contributed by atoms with Gasteiger partial charge in [-0.05, 0) is 90.3 Å². The van der Waals surface area contributed by atoms with Crippen LogP contribution in [0.4, 0.5) is 0 Å². The molecule has 1 heterocycles. The first-order chi connectivity index (χ1) is 17.4. The number of aliphatic carboxylic acids is 1. The maximum absolute atomic E-state index is 13.5. The van der Waals surface area contributed by atoms with Gasteiger partial charge in [-0.2, -0.15) is 11.8 Å². The summed E-state index contributed by atoms with van der Waals surface area (Å²) in [7, 11) is 0. The summed E-state index contributed by atoms with van der Waals surface area (Å²) in [6, 6.07) is 14.6. The van der Waals surface area contributed by atoms with E-state index in [-0.39, 0.29) is 5.91 Å². The van der Waals surface area contributed by atoms with E-state index in [9.17, 15) is 14.7 Å². The summed E-state index contributed by atoms with van der Waals surface area (Å²) in [6.45, 7) is 4.48. The molecule has 3 aromatic rings. The third kappa shape index (κ3) is 7.34. The van der Waals surface area contributed by atoms with E-state index in [2.05, 4.69) is 17.2 Å². The number of hydrogen-bond donors (Lipinski definition) is 2. The van der Waals surface area contributed by atoms with Crippen LogP contribution in [0.25, 0.3) is 11.1 Å². The summed E-state index contributed by atoms with van der Waals surface area (Å²) in [5.74, 6) is -0.0769. The van der Waals surface area contributed by atoms with Gasteiger partial charge in [0.2, 0.25) is 0 Å². The quantitative estimate of drug-likeness (QED) is 0.299. The van der Waals surface area contributed by atoms with Gasteiger partial charge in [0, 0.05) is 11.8 Å². The Morgan fingerprint density at radius 2 is 1.92 bits per heavy atom. The molecule has 0 aliphatic heterocycles. The fraction of sp³-hybridized carbons (Fsp3) is 0.345. The summed E-state index contributed by atoms with van der Waals surface area (Å²) in [5.41, 5.74) is 5.24. The van der Waals surface area contributed by atoms with Crippen LogP contribution >= 0.6 is 11.8 Å². The molecule has 0 aliphatic carbocycles. The lowest BCUT2D eigenvalue weighted by molar-refractivity contribution is -0.139. The molecule has 0 saturated heterocycles. The van der Waals surface area contributed by atoms with Crippen LogP contribution in [0.2, 0.25) is 0 Å². The van der Waals surface area contributed by atoms with E-state index in [4.69, 9.17) is 4.74 Å².